The van der Waals surface area contributed by atoms with Crippen LogP contribution in [-0.2, 0) is 14.8 Å². The zero-order valence-electron chi connectivity index (χ0n) is 23.5. The van der Waals surface area contributed by atoms with E-state index < -0.39 is 20.7 Å². The van der Waals surface area contributed by atoms with E-state index in [-0.39, 0.29) is 63.1 Å². The number of furan rings is 1. The van der Waals surface area contributed by atoms with E-state index in [9.17, 15) is 23.2 Å². The van der Waals surface area contributed by atoms with Crippen LogP contribution < -0.4 is 15.1 Å². The quantitative estimate of drug-likeness (QED) is 0.210. The molecule has 13 heteroatoms. The molecule has 0 radical (unpaired) electrons. The van der Waals surface area contributed by atoms with Gasteiger partial charge in [-0.25, -0.2) is 13.9 Å². The maximum absolute atomic E-state index is 13.9. The molecule has 0 atom stereocenters. The van der Waals surface area contributed by atoms with Crippen molar-refractivity contribution in [2.24, 2.45) is 0 Å². The summed E-state index contributed by atoms with van der Waals surface area (Å²) in [6.07, 6.45) is 1.76. The summed E-state index contributed by atoms with van der Waals surface area (Å²) in [6.45, 7) is 4.10. The number of halogens is 1. The molecule has 2 amide bonds. The van der Waals surface area contributed by atoms with Crippen molar-refractivity contribution in [3.8, 4) is 5.75 Å². The first-order chi connectivity index (χ1) is 19.8. The van der Waals surface area contributed by atoms with Crippen molar-refractivity contribution in [2.75, 3.05) is 50.8 Å². The third-order valence-corrected chi connectivity index (χ3v) is 10.7. The Morgan fingerprint density at radius 2 is 1.67 bits per heavy atom. The Hall–Kier alpha value is -3.32. The number of likely N-dealkylation sites (tertiary alicyclic amines) is 1. The highest BCUT2D eigenvalue weighted by molar-refractivity contribution is 7.91. The molecule has 0 aliphatic carbocycles. The molecule has 0 bridgehead atoms. The lowest BCUT2D eigenvalue weighted by Gasteiger charge is -2.44. The SMILES string of the molecule is CCCCOc1ccc(N2CCN(S(=O)(=O)C3(C(=O)NO)CCN(C(=O)c4cc5ccccc5o4)CC3)CC2)cc1.Cl. The number of nitrogens with zero attached hydrogens (tertiary/aromatic N) is 3. The smallest absolute Gasteiger partial charge is 0.289 e. The first-order valence-electron chi connectivity index (χ1n) is 14.0. The van der Waals surface area contributed by atoms with Gasteiger partial charge in [-0.15, -0.1) is 12.4 Å². The highest BCUT2D eigenvalue weighted by Crippen LogP contribution is 2.35. The maximum Gasteiger partial charge on any atom is 0.289 e. The average molecular weight is 621 g/mol. The molecule has 228 valence electrons. The third-order valence-electron chi connectivity index (χ3n) is 8.05. The molecule has 2 aromatic carbocycles. The van der Waals surface area contributed by atoms with Crippen LogP contribution in [0.1, 0.15) is 43.2 Å². The largest absolute Gasteiger partial charge is 0.494 e. The summed E-state index contributed by atoms with van der Waals surface area (Å²) < 4.78 is 38.7. The highest BCUT2D eigenvalue weighted by atomic mass is 35.5. The normalized spacial score (nSPS) is 17.5. The molecule has 2 aliphatic heterocycles. The second-order valence-electron chi connectivity index (χ2n) is 10.5. The summed E-state index contributed by atoms with van der Waals surface area (Å²) in [5.74, 6) is -0.392. The number of piperidine rings is 1. The first kappa shape index (κ1) is 31.6. The number of sulfonamides is 1. The molecule has 2 aliphatic rings. The molecule has 3 heterocycles. The minimum absolute atomic E-state index is 0. The Morgan fingerprint density at radius 3 is 2.29 bits per heavy atom. The second-order valence-corrected chi connectivity index (χ2v) is 12.7. The number of carbonyl (C=O) groups is 2. The van der Waals surface area contributed by atoms with Crippen molar-refractivity contribution in [3.05, 3.63) is 60.4 Å². The van der Waals surface area contributed by atoms with Crippen molar-refractivity contribution in [1.29, 1.82) is 0 Å². The number of hydroxylamine groups is 1. The lowest BCUT2D eigenvalue weighted by atomic mass is 9.94. The van der Waals surface area contributed by atoms with Crippen molar-refractivity contribution in [2.45, 2.75) is 37.4 Å². The molecule has 0 unspecified atom stereocenters. The fraction of sp³-hybridized carbons (Fsp3) is 0.448. The number of amides is 2. The number of anilines is 1. The number of para-hydroxylation sites is 1. The minimum Gasteiger partial charge on any atom is -0.494 e. The molecule has 0 saturated carbocycles. The molecule has 3 aromatic rings. The van der Waals surface area contributed by atoms with E-state index in [1.807, 2.05) is 42.5 Å². The standard InChI is InChI=1S/C29H36N4O7S.ClH/c1-2-3-20-39-24-10-8-23(9-11-24)31-16-18-33(19-17-31)41(37,38)29(28(35)30-36)12-14-32(15-13-29)27(34)26-21-22-6-4-5-7-25(22)40-26;/h4-11,21,36H,2-3,12-20H2,1H3,(H,30,35);1H. The van der Waals surface area contributed by atoms with Crippen molar-refractivity contribution in [1.82, 2.24) is 14.7 Å². The summed E-state index contributed by atoms with van der Waals surface area (Å²) in [6, 6.07) is 16.7. The zero-order valence-corrected chi connectivity index (χ0v) is 25.2. The van der Waals surface area contributed by atoms with E-state index in [0.29, 0.717) is 25.3 Å². The Kier molecular flexibility index (Phi) is 10.0. The van der Waals surface area contributed by atoms with Crippen LogP contribution in [0.4, 0.5) is 5.69 Å². The number of benzene rings is 2. The Labute approximate surface area is 251 Å². The first-order valence-corrected chi connectivity index (χ1v) is 15.4. The van der Waals surface area contributed by atoms with Crippen LogP contribution in [0.25, 0.3) is 11.0 Å². The van der Waals surface area contributed by atoms with Gasteiger partial charge in [-0.2, -0.15) is 4.31 Å². The van der Waals surface area contributed by atoms with Gasteiger partial charge in [-0.05, 0) is 55.7 Å². The van der Waals surface area contributed by atoms with Gasteiger partial charge in [0.15, 0.2) is 10.5 Å². The van der Waals surface area contributed by atoms with Crippen LogP contribution in [0.3, 0.4) is 0 Å². The van der Waals surface area contributed by atoms with Gasteiger partial charge in [-0.1, -0.05) is 31.5 Å². The van der Waals surface area contributed by atoms with Gasteiger partial charge in [0.05, 0.1) is 6.61 Å². The fourth-order valence-corrected chi connectivity index (χ4v) is 7.66. The van der Waals surface area contributed by atoms with Gasteiger partial charge < -0.3 is 19.0 Å². The predicted molar refractivity (Wildman–Crippen MR) is 161 cm³/mol. The Balaban J connectivity index is 0.00000405. The number of piperazine rings is 1. The summed E-state index contributed by atoms with van der Waals surface area (Å²) in [5, 5.41) is 10.3. The van der Waals surface area contributed by atoms with Gasteiger partial charge in [0.25, 0.3) is 11.8 Å². The van der Waals surface area contributed by atoms with E-state index in [2.05, 4.69) is 11.8 Å². The van der Waals surface area contributed by atoms with Crippen LogP contribution in [0.5, 0.6) is 5.75 Å². The van der Waals surface area contributed by atoms with Crippen molar-refractivity contribution >= 4 is 50.9 Å². The van der Waals surface area contributed by atoms with Crippen molar-refractivity contribution < 1.29 is 32.4 Å². The molecule has 11 nitrogen and oxygen atoms in total. The Morgan fingerprint density at radius 1 is 1.00 bits per heavy atom. The molecule has 1 aromatic heterocycles. The van der Waals surface area contributed by atoms with E-state index in [4.69, 9.17) is 9.15 Å². The highest BCUT2D eigenvalue weighted by Gasteiger charge is 2.55. The van der Waals surface area contributed by atoms with Gasteiger partial charge in [0.1, 0.15) is 11.3 Å². The van der Waals surface area contributed by atoms with Gasteiger partial charge >= 0.3 is 0 Å². The zero-order chi connectivity index (χ0) is 29.0. The monoisotopic (exact) mass is 620 g/mol. The topological polar surface area (TPSA) is 133 Å². The molecule has 2 fully saturated rings. The molecular weight excluding hydrogens is 584 g/mol. The number of fused-ring (bicyclic) bond motifs is 1. The number of hydrogen-bond donors (Lipinski definition) is 2. The minimum atomic E-state index is -4.16. The lowest BCUT2D eigenvalue weighted by Crippen LogP contribution is -2.64. The summed E-state index contributed by atoms with van der Waals surface area (Å²) in [5.41, 5.74) is 3.13. The lowest BCUT2D eigenvalue weighted by molar-refractivity contribution is -0.133. The van der Waals surface area contributed by atoms with Crippen LogP contribution in [0.2, 0.25) is 0 Å². The number of hydrogen-bond acceptors (Lipinski definition) is 8. The van der Waals surface area contributed by atoms with Gasteiger partial charge in [0.2, 0.25) is 10.0 Å². The summed E-state index contributed by atoms with van der Waals surface area (Å²) >= 11 is 0. The second kappa shape index (κ2) is 13.3. The van der Waals surface area contributed by atoms with Crippen molar-refractivity contribution in [3.63, 3.8) is 0 Å². The number of carbonyl (C=O) groups excluding carboxylic acids is 2. The van der Waals surface area contributed by atoms with Gasteiger partial charge in [-0.3, -0.25) is 14.8 Å². The Bertz CT molecular complexity index is 1450. The predicted octanol–water partition coefficient (Wildman–Crippen LogP) is 3.67. The summed E-state index contributed by atoms with van der Waals surface area (Å²) in [7, 11) is -4.16. The average Bonchev–Trinajstić information content (AvgIpc) is 3.45. The molecule has 2 saturated heterocycles. The van der Waals surface area contributed by atoms with Crippen LogP contribution in [0, 0.1) is 0 Å². The number of unbranched alkanes of at least 4 members (excludes halogenated alkanes) is 1. The number of ether oxygens (including phenoxy) is 1. The van der Waals surface area contributed by atoms with E-state index in [0.717, 1.165) is 29.7 Å². The maximum atomic E-state index is 13.9. The van der Waals surface area contributed by atoms with Crippen LogP contribution in [0.15, 0.2) is 59.0 Å². The molecule has 0 spiro atoms. The van der Waals surface area contributed by atoms with Crippen LogP contribution >= 0.6 is 12.4 Å². The van der Waals surface area contributed by atoms with E-state index >= 15 is 0 Å². The number of rotatable bonds is 9. The third kappa shape index (κ3) is 6.07. The van der Waals surface area contributed by atoms with Gasteiger partial charge in [0, 0.05) is 50.3 Å². The molecule has 5 rings (SSSR count). The van der Waals surface area contributed by atoms with Crippen LogP contribution in [-0.4, -0.2) is 85.3 Å². The number of nitrogens with one attached hydrogen (secondary N) is 1. The summed E-state index contributed by atoms with van der Waals surface area (Å²) in [4.78, 5) is 29.7. The van der Waals surface area contributed by atoms with E-state index in [1.165, 1.54) is 9.21 Å². The molecular formula is C29H37ClN4O7S. The molecule has 42 heavy (non-hydrogen) atoms. The molecule has 2 N–H and O–H groups in total. The fourth-order valence-electron chi connectivity index (χ4n) is 5.54. The van der Waals surface area contributed by atoms with E-state index in [1.54, 1.807) is 17.6 Å².